The summed E-state index contributed by atoms with van der Waals surface area (Å²) in [5.41, 5.74) is 0.824. The van der Waals surface area contributed by atoms with Gasteiger partial charge in [0.05, 0.1) is 5.25 Å². The van der Waals surface area contributed by atoms with Crippen LogP contribution in [0.4, 0.5) is 0 Å². The Kier molecular flexibility index (Phi) is 5.20. The first-order valence-electron chi connectivity index (χ1n) is 9.47. The molecule has 3 aromatic rings. The number of hydrogen-bond donors (Lipinski definition) is 1. The van der Waals surface area contributed by atoms with E-state index in [1.165, 1.54) is 31.0 Å². The van der Waals surface area contributed by atoms with Gasteiger partial charge in [0.25, 0.3) is 0 Å². The number of fused-ring (bicyclic) bond motifs is 1. The molecular formula is C20H24N4O2S. The van der Waals surface area contributed by atoms with Gasteiger partial charge in [-0.2, -0.15) is 0 Å². The van der Waals surface area contributed by atoms with Crippen LogP contribution >= 0.6 is 11.8 Å². The second kappa shape index (κ2) is 7.76. The second-order valence-corrected chi connectivity index (χ2v) is 8.43. The van der Waals surface area contributed by atoms with Crippen LogP contribution in [0.15, 0.2) is 39.9 Å². The summed E-state index contributed by atoms with van der Waals surface area (Å²) in [6.07, 6.45) is 5.86. The van der Waals surface area contributed by atoms with E-state index in [1.807, 2.05) is 48.9 Å². The topological polar surface area (TPSA) is 73.0 Å². The number of rotatable bonds is 5. The number of hydrogen-bond acceptors (Lipinski definition) is 5. The fraction of sp³-hybridized carbons (Fsp3) is 0.450. The van der Waals surface area contributed by atoms with Crippen molar-refractivity contribution in [2.24, 2.45) is 7.05 Å². The molecule has 0 saturated heterocycles. The van der Waals surface area contributed by atoms with Gasteiger partial charge in [0.1, 0.15) is 5.58 Å². The highest BCUT2D eigenvalue weighted by Crippen LogP contribution is 2.30. The highest BCUT2D eigenvalue weighted by molar-refractivity contribution is 8.00. The Balaban J connectivity index is 1.46. The number of nitrogens with one attached hydrogen (secondary N) is 1. The normalized spacial score (nSPS) is 16.5. The molecule has 0 bridgehead atoms. The first-order valence-corrected chi connectivity index (χ1v) is 10.3. The lowest BCUT2D eigenvalue weighted by atomic mass is 9.95. The monoisotopic (exact) mass is 384 g/mol. The summed E-state index contributed by atoms with van der Waals surface area (Å²) >= 11 is 1.42. The number of furan rings is 1. The Morgan fingerprint density at radius 2 is 2.04 bits per heavy atom. The Morgan fingerprint density at radius 3 is 2.81 bits per heavy atom. The number of benzene rings is 1. The van der Waals surface area contributed by atoms with Crippen LogP contribution in [0, 0.1) is 0 Å². The van der Waals surface area contributed by atoms with Gasteiger partial charge in [-0.3, -0.25) is 4.79 Å². The molecule has 142 valence electrons. The molecule has 1 saturated carbocycles. The van der Waals surface area contributed by atoms with Crippen LogP contribution in [-0.4, -0.2) is 32.0 Å². The largest absolute Gasteiger partial charge is 0.453 e. The number of nitrogens with zero attached hydrogens (tertiary/aromatic N) is 3. The van der Waals surface area contributed by atoms with Gasteiger partial charge in [0, 0.05) is 18.5 Å². The Morgan fingerprint density at radius 1 is 1.26 bits per heavy atom. The number of carbonyl (C=O) groups is 1. The molecular weight excluding hydrogens is 360 g/mol. The first kappa shape index (κ1) is 18.1. The van der Waals surface area contributed by atoms with Crippen molar-refractivity contribution in [2.45, 2.75) is 55.5 Å². The molecule has 4 rings (SSSR count). The number of thioether (sulfide) groups is 1. The lowest BCUT2D eigenvalue weighted by Gasteiger charge is -2.24. The summed E-state index contributed by atoms with van der Waals surface area (Å²) in [5.74, 6) is 1.41. The van der Waals surface area contributed by atoms with E-state index in [0.717, 1.165) is 23.8 Å². The van der Waals surface area contributed by atoms with E-state index in [-0.39, 0.29) is 11.2 Å². The van der Waals surface area contributed by atoms with Crippen LogP contribution in [0.5, 0.6) is 0 Å². The van der Waals surface area contributed by atoms with E-state index in [9.17, 15) is 4.79 Å². The van der Waals surface area contributed by atoms with Crippen molar-refractivity contribution in [1.29, 1.82) is 0 Å². The lowest BCUT2D eigenvalue weighted by Crippen LogP contribution is -2.40. The van der Waals surface area contributed by atoms with Crippen LogP contribution in [0.2, 0.25) is 0 Å². The molecule has 1 aliphatic carbocycles. The molecule has 1 atom stereocenters. The molecule has 6 nitrogen and oxygen atoms in total. The SMILES string of the molecule is CC(Sc1nnc(-c2cc3ccccc3o2)n1C)C(=O)NC1CCCCC1. The number of amides is 1. The maximum Gasteiger partial charge on any atom is 0.233 e. The van der Waals surface area contributed by atoms with Crippen LogP contribution in [0.3, 0.4) is 0 Å². The summed E-state index contributed by atoms with van der Waals surface area (Å²) in [6, 6.07) is 10.1. The van der Waals surface area contributed by atoms with Crippen molar-refractivity contribution in [2.75, 3.05) is 0 Å². The highest BCUT2D eigenvalue weighted by Gasteiger charge is 2.23. The summed E-state index contributed by atoms with van der Waals surface area (Å²) < 4.78 is 7.77. The van der Waals surface area contributed by atoms with Gasteiger partial charge in [0.2, 0.25) is 5.91 Å². The van der Waals surface area contributed by atoms with Crippen LogP contribution < -0.4 is 5.32 Å². The summed E-state index contributed by atoms with van der Waals surface area (Å²) in [4.78, 5) is 12.5. The maximum atomic E-state index is 12.5. The van der Waals surface area contributed by atoms with Crippen LogP contribution in [0.25, 0.3) is 22.6 Å². The Labute approximate surface area is 162 Å². The molecule has 1 N–H and O–H groups in total. The van der Waals surface area contributed by atoms with Crippen LogP contribution in [-0.2, 0) is 11.8 Å². The third kappa shape index (κ3) is 3.88. The predicted octanol–water partition coefficient (Wildman–Crippen LogP) is 4.16. The molecule has 1 amide bonds. The molecule has 0 spiro atoms. The summed E-state index contributed by atoms with van der Waals surface area (Å²) in [5, 5.41) is 13.2. The van der Waals surface area contributed by atoms with E-state index < -0.39 is 0 Å². The molecule has 0 radical (unpaired) electrons. The minimum atomic E-state index is -0.224. The van der Waals surface area contributed by atoms with Gasteiger partial charge in [-0.25, -0.2) is 0 Å². The number of aromatic nitrogens is 3. The van der Waals surface area contributed by atoms with Crippen molar-refractivity contribution in [3.05, 3.63) is 30.3 Å². The molecule has 2 aromatic heterocycles. The van der Waals surface area contributed by atoms with Gasteiger partial charge in [-0.05, 0) is 31.9 Å². The fourth-order valence-corrected chi connectivity index (χ4v) is 4.33. The quantitative estimate of drug-likeness (QED) is 0.669. The minimum absolute atomic E-state index is 0.0696. The third-order valence-electron chi connectivity index (χ3n) is 5.08. The molecule has 1 aliphatic rings. The summed E-state index contributed by atoms with van der Waals surface area (Å²) in [6.45, 7) is 1.92. The average molecular weight is 385 g/mol. The van der Waals surface area contributed by atoms with Gasteiger partial charge in [-0.15, -0.1) is 10.2 Å². The standard InChI is InChI=1S/C20H24N4O2S/c1-13(19(25)21-15-9-4-3-5-10-15)27-20-23-22-18(24(20)2)17-12-14-8-6-7-11-16(14)26-17/h6-8,11-13,15H,3-5,9-10H2,1-2H3,(H,21,25). The molecule has 1 fully saturated rings. The van der Waals surface area contributed by atoms with E-state index in [4.69, 9.17) is 4.42 Å². The van der Waals surface area contributed by atoms with E-state index in [0.29, 0.717) is 22.8 Å². The maximum absolute atomic E-state index is 12.5. The van der Waals surface area contributed by atoms with E-state index in [1.54, 1.807) is 0 Å². The zero-order valence-electron chi connectivity index (χ0n) is 15.6. The highest BCUT2D eigenvalue weighted by atomic mass is 32.2. The zero-order valence-corrected chi connectivity index (χ0v) is 16.5. The molecule has 1 aromatic carbocycles. The summed E-state index contributed by atoms with van der Waals surface area (Å²) in [7, 11) is 1.90. The van der Waals surface area contributed by atoms with Gasteiger partial charge in [0.15, 0.2) is 16.7 Å². The first-order chi connectivity index (χ1) is 13.1. The second-order valence-electron chi connectivity index (χ2n) is 7.12. The van der Waals surface area contributed by atoms with Crippen molar-refractivity contribution < 1.29 is 9.21 Å². The molecule has 1 unspecified atom stereocenters. The predicted molar refractivity (Wildman–Crippen MR) is 107 cm³/mol. The molecule has 0 aliphatic heterocycles. The van der Waals surface area contributed by atoms with Crippen molar-refractivity contribution in [3.8, 4) is 11.6 Å². The van der Waals surface area contributed by atoms with E-state index in [2.05, 4.69) is 15.5 Å². The lowest BCUT2D eigenvalue weighted by molar-refractivity contribution is -0.121. The van der Waals surface area contributed by atoms with Crippen molar-refractivity contribution in [1.82, 2.24) is 20.1 Å². The van der Waals surface area contributed by atoms with E-state index >= 15 is 0 Å². The molecule has 27 heavy (non-hydrogen) atoms. The van der Waals surface area contributed by atoms with Crippen molar-refractivity contribution in [3.63, 3.8) is 0 Å². The number of carbonyl (C=O) groups excluding carboxylic acids is 1. The minimum Gasteiger partial charge on any atom is -0.453 e. The van der Waals surface area contributed by atoms with Gasteiger partial charge in [-0.1, -0.05) is 49.2 Å². The van der Waals surface area contributed by atoms with Crippen LogP contribution in [0.1, 0.15) is 39.0 Å². The average Bonchev–Trinajstić information content (AvgIpc) is 3.26. The Bertz CT molecular complexity index is 910. The van der Waals surface area contributed by atoms with Gasteiger partial charge < -0.3 is 14.3 Å². The zero-order chi connectivity index (χ0) is 18.8. The molecule has 7 heteroatoms. The third-order valence-corrected chi connectivity index (χ3v) is 6.22. The van der Waals surface area contributed by atoms with Gasteiger partial charge >= 0.3 is 0 Å². The number of para-hydroxylation sites is 1. The van der Waals surface area contributed by atoms with Crippen molar-refractivity contribution >= 4 is 28.6 Å². The fourth-order valence-electron chi connectivity index (χ4n) is 3.50. The molecule has 2 heterocycles. The smallest absolute Gasteiger partial charge is 0.233 e. The Hall–Kier alpha value is -2.28.